The molecule has 0 amide bonds. The number of hydrogen-bond acceptors (Lipinski definition) is 2. The van der Waals surface area contributed by atoms with E-state index >= 15 is 0 Å². The molecule has 0 saturated heterocycles. The molecular weight excluding hydrogens is 106 g/mol. The molecule has 0 heterocycles. The molecule has 0 rings (SSSR count). The highest BCUT2D eigenvalue weighted by Gasteiger charge is 1.93. The highest BCUT2D eigenvalue weighted by Crippen LogP contribution is 1.91. The lowest BCUT2D eigenvalue weighted by Gasteiger charge is -1.98. The van der Waals surface area contributed by atoms with Gasteiger partial charge in [-0.1, -0.05) is 12.0 Å². The summed E-state index contributed by atoms with van der Waals surface area (Å²) in [5, 5.41) is 11.6. The summed E-state index contributed by atoms with van der Waals surface area (Å²) in [4.78, 5) is 2.54. The molecule has 46 valence electrons. The number of aliphatic hydroxyl groups is 1. The molecule has 0 aromatic heterocycles. The second kappa shape index (κ2) is 4.43. The van der Waals surface area contributed by atoms with Gasteiger partial charge in [0, 0.05) is 18.1 Å². The van der Waals surface area contributed by atoms with Crippen molar-refractivity contribution < 1.29 is 5.11 Å². The summed E-state index contributed by atoms with van der Waals surface area (Å²) in [5.74, 6) is 0.0888. The Balaban J connectivity index is 3.23. The molecule has 0 unspecified atom stereocenters. The maximum absolute atomic E-state index is 8.38. The van der Waals surface area contributed by atoms with Gasteiger partial charge in [0.1, 0.15) is 0 Å². The summed E-state index contributed by atoms with van der Waals surface area (Å²) >= 11 is 0. The van der Waals surface area contributed by atoms with Gasteiger partial charge < -0.3 is 5.11 Å². The van der Waals surface area contributed by atoms with Crippen LogP contribution in [0.3, 0.4) is 0 Å². The zero-order valence-electron chi connectivity index (χ0n) is 4.78. The van der Waals surface area contributed by atoms with Gasteiger partial charge in [0.2, 0.25) is 0 Å². The first-order valence-electron chi connectivity index (χ1n) is 2.43. The van der Waals surface area contributed by atoms with E-state index in [-0.39, 0.29) is 12.5 Å². The zero-order valence-corrected chi connectivity index (χ0v) is 4.78. The molecule has 8 heavy (non-hydrogen) atoms. The van der Waals surface area contributed by atoms with Gasteiger partial charge in [0.25, 0.3) is 0 Å². The van der Waals surface area contributed by atoms with E-state index < -0.39 is 0 Å². The Labute approximate surface area is 47.8 Å². The van der Waals surface area contributed by atoms with E-state index in [0.29, 0.717) is 6.54 Å². The second-order valence-electron chi connectivity index (χ2n) is 1.70. The largest absolute Gasteiger partial charge is 0.396 e. The molecule has 1 N–H and O–H groups in total. The lowest BCUT2D eigenvalue weighted by molar-refractivity contribution is 0.241. The predicted molar refractivity (Wildman–Crippen MR) is 30.3 cm³/mol. The van der Waals surface area contributed by atoms with Gasteiger partial charge in [-0.05, 0) is 11.4 Å². The Morgan fingerprint density at radius 3 is 2.88 bits per heavy atom. The van der Waals surface area contributed by atoms with Crippen molar-refractivity contribution in [1.29, 1.82) is 0 Å². The lowest BCUT2D eigenvalue weighted by Crippen LogP contribution is -2.02. The van der Waals surface area contributed by atoms with Crippen LogP contribution in [0.15, 0.2) is 5.11 Å². The Morgan fingerprint density at radius 2 is 2.50 bits per heavy atom. The topological polar surface area (TPSA) is 69.0 Å². The number of rotatable bonds is 3. The van der Waals surface area contributed by atoms with Gasteiger partial charge in [-0.15, -0.1) is 0 Å². The fourth-order valence-corrected chi connectivity index (χ4v) is 0.234. The summed E-state index contributed by atoms with van der Waals surface area (Å²) in [6.07, 6.45) is 0. The predicted octanol–water partition coefficient (Wildman–Crippen LogP) is 0.925. The molecule has 4 nitrogen and oxygen atoms in total. The fraction of sp³-hybridized carbons (Fsp3) is 1.00. The van der Waals surface area contributed by atoms with Gasteiger partial charge in [0.05, 0.1) is 0 Å². The summed E-state index contributed by atoms with van der Waals surface area (Å²) < 4.78 is 0. The summed E-state index contributed by atoms with van der Waals surface area (Å²) in [6, 6.07) is 0. The monoisotopic (exact) mass is 115 g/mol. The van der Waals surface area contributed by atoms with Crippen LogP contribution in [-0.4, -0.2) is 18.3 Å². The molecule has 0 aliphatic carbocycles. The molecule has 0 aliphatic heterocycles. The summed E-state index contributed by atoms with van der Waals surface area (Å²) in [6.45, 7) is 2.28. The molecule has 0 radical (unpaired) electrons. The van der Waals surface area contributed by atoms with E-state index in [2.05, 4.69) is 10.0 Å². The van der Waals surface area contributed by atoms with Crippen molar-refractivity contribution in [2.45, 2.75) is 6.92 Å². The summed E-state index contributed by atoms with van der Waals surface area (Å²) in [5.41, 5.74) is 7.79. The van der Waals surface area contributed by atoms with Gasteiger partial charge >= 0.3 is 0 Å². The number of nitrogens with zero attached hydrogens (tertiary/aromatic N) is 3. The average Bonchev–Trinajstić information content (AvgIpc) is 1.83. The first-order valence-corrected chi connectivity index (χ1v) is 2.43. The van der Waals surface area contributed by atoms with E-state index in [1.807, 2.05) is 6.92 Å². The molecule has 0 bridgehead atoms. The first-order chi connectivity index (χ1) is 3.81. The van der Waals surface area contributed by atoms with Crippen molar-refractivity contribution in [2.24, 2.45) is 11.0 Å². The number of azide groups is 1. The van der Waals surface area contributed by atoms with Crippen molar-refractivity contribution in [1.82, 2.24) is 0 Å². The van der Waals surface area contributed by atoms with Crippen LogP contribution >= 0.6 is 0 Å². The van der Waals surface area contributed by atoms with Crippen molar-refractivity contribution in [3.8, 4) is 0 Å². The van der Waals surface area contributed by atoms with Crippen molar-refractivity contribution >= 4 is 0 Å². The number of aliphatic hydroxyl groups excluding tert-OH is 1. The SMILES string of the molecule is C[C@H](CO)CN=[N+]=[N-]. The molecular formula is C4H9N3O. The van der Waals surface area contributed by atoms with Gasteiger partial charge in [-0.25, -0.2) is 0 Å². The third-order valence-corrected chi connectivity index (χ3v) is 0.768. The molecule has 0 aromatic carbocycles. The van der Waals surface area contributed by atoms with Gasteiger partial charge in [-0.3, -0.25) is 0 Å². The maximum atomic E-state index is 8.38. The molecule has 0 spiro atoms. The average molecular weight is 115 g/mol. The Bertz CT molecular complexity index is 97.5. The minimum atomic E-state index is 0.0824. The maximum Gasteiger partial charge on any atom is 0.0457 e. The molecule has 4 heteroatoms. The zero-order chi connectivity index (χ0) is 6.41. The Kier molecular flexibility index (Phi) is 4.03. The fourth-order valence-electron chi connectivity index (χ4n) is 0.234. The number of hydrogen-bond donors (Lipinski definition) is 1. The highest BCUT2D eigenvalue weighted by atomic mass is 16.3. The quantitative estimate of drug-likeness (QED) is 0.331. The van der Waals surface area contributed by atoms with Crippen molar-refractivity contribution in [3.05, 3.63) is 10.4 Å². The van der Waals surface area contributed by atoms with Crippen molar-refractivity contribution in [3.63, 3.8) is 0 Å². The van der Waals surface area contributed by atoms with E-state index in [4.69, 9.17) is 10.6 Å². The molecule has 0 aliphatic rings. The van der Waals surface area contributed by atoms with Gasteiger partial charge in [-0.2, -0.15) is 0 Å². The standard InChI is InChI=1S/C4H9N3O/c1-4(3-8)2-6-7-5/h4,8H,2-3H2,1H3/t4-/m0/s1. The van der Waals surface area contributed by atoms with E-state index in [0.717, 1.165) is 0 Å². The van der Waals surface area contributed by atoms with Crippen LogP contribution in [0.25, 0.3) is 10.4 Å². The van der Waals surface area contributed by atoms with Crippen LogP contribution in [0.4, 0.5) is 0 Å². The second-order valence-corrected chi connectivity index (χ2v) is 1.70. The van der Waals surface area contributed by atoms with E-state index in [9.17, 15) is 0 Å². The normalized spacial score (nSPS) is 12.2. The summed E-state index contributed by atoms with van der Waals surface area (Å²) in [7, 11) is 0. The van der Waals surface area contributed by atoms with Crippen molar-refractivity contribution in [2.75, 3.05) is 13.2 Å². The Morgan fingerprint density at radius 1 is 1.88 bits per heavy atom. The molecule has 0 fully saturated rings. The Hall–Kier alpha value is -0.730. The highest BCUT2D eigenvalue weighted by molar-refractivity contribution is 4.53. The van der Waals surface area contributed by atoms with Crippen LogP contribution in [0, 0.1) is 5.92 Å². The molecule has 0 aromatic rings. The van der Waals surface area contributed by atoms with Crippen LogP contribution in [-0.2, 0) is 0 Å². The van der Waals surface area contributed by atoms with Crippen LogP contribution in [0.1, 0.15) is 6.92 Å². The molecule has 0 saturated carbocycles. The third-order valence-electron chi connectivity index (χ3n) is 0.768. The molecule has 1 atom stereocenters. The van der Waals surface area contributed by atoms with E-state index in [1.165, 1.54) is 0 Å². The smallest absolute Gasteiger partial charge is 0.0457 e. The lowest BCUT2D eigenvalue weighted by atomic mass is 10.2. The van der Waals surface area contributed by atoms with Crippen LogP contribution in [0.2, 0.25) is 0 Å². The van der Waals surface area contributed by atoms with Crippen LogP contribution < -0.4 is 0 Å². The van der Waals surface area contributed by atoms with Crippen LogP contribution in [0.5, 0.6) is 0 Å². The van der Waals surface area contributed by atoms with Gasteiger partial charge in [0.15, 0.2) is 0 Å². The third kappa shape index (κ3) is 3.46. The minimum Gasteiger partial charge on any atom is -0.396 e. The minimum absolute atomic E-state index is 0.0824. The van der Waals surface area contributed by atoms with E-state index in [1.54, 1.807) is 0 Å². The first kappa shape index (κ1) is 7.27.